The second-order valence-electron chi connectivity index (χ2n) is 7.54. The van der Waals surface area contributed by atoms with Gasteiger partial charge in [-0.3, -0.25) is 14.4 Å². The van der Waals surface area contributed by atoms with E-state index in [1.165, 1.54) is 6.07 Å². The van der Waals surface area contributed by atoms with Crippen molar-refractivity contribution in [2.45, 2.75) is 12.1 Å². The molecular formula is C24H18Cl2N2O4. The first kappa shape index (κ1) is 20.8. The van der Waals surface area contributed by atoms with Crippen LogP contribution in [0.5, 0.6) is 5.75 Å². The van der Waals surface area contributed by atoms with Crippen LogP contribution in [0.1, 0.15) is 11.6 Å². The minimum Gasteiger partial charge on any atom is -0.497 e. The number of rotatable bonds is 4. The molecule has 2 aliphatic heterocycles. The van der Waals surface area contributed by atoms with Crippen molar-refractivity contribution < 1.29 is 19.2 Å². The molecule has 0 spiro atoms. The summed E-state index contributed by atoms with van der Waals surface area (Å²) in [6.45, 7) is 0. The third-order valence-corrected chi connectivity index (χ3v) is 6.48. The summed E-state index contributed by atoms with van der Waals surface area (Å²) >= 11 is 12.1. The maximum atomic E-state index is 13.6. The maximum Gasteiger partial charge on any atom is 0.266 e. The van der Waals surface area contributed by atoms with Crippen molar-refractivity contribution in [3.63, 3.8) is 0 Å². The lowest BCUT2D eigenvalue weighted by Gasteiger charge is -2.28. The van der Waals surface area contributed by atoms with E-state index in [1.807, 2.05) is 54.6 Å². The number of halogens is 2. The number of hydroxylamine groups is 1. The van der Waals surface area contributed by atoms with Crippen LogP contribution in [0.3, 0.4) is 0 Å². The third kappa shape index (κ3) is 3.32. The fourth-order valence-electron chi connectivity index (χ4n) is 4.23. The number of benzene rings is 3. The number of hydrogen-bond donors (Lipinski definition) is 0. The number of imide groups is 1. The predicted molar refractivity (Wildman–Crippen MR) is 122 cm³/mol. The molecule has 0 N–H and O–H groups in total. The van der Waals surface area contributed by atoms with Crippen LogP contribution >= 0.6 is 23.2 Å². The Labute approximate surface area is 194 Å². The zero-order valence-electron chi connectivity index (χ0n) is 16.9. The Balaban J connectivity index is 1.57. The number of carbonyl (C=O) groups excluding carboxylic acids is 2. The minimum atomic E-state index is -0.954. The predicted octanol–water partition coefficient (Wildman–Crippen LogP) is 5.05. The summed E-state index contributed by atoms with van der Waals surface area (Å²) in [5.74, 6) is -0.819. The van der Waals surface area contributed by atoms with Crippen molar-refractivity contribution in [2.24, 2.45) is 5.92 Å². The third-order valence-electron chi connectivity index (χ3n) is 5.74. The minimum absolute atomic E-state index is 0.264. The van der Waals surface area contributed by atoms with E-state index in [9.17, 15) is 9.59 Å². The average Bonchev–Trinajstić information content (AvgIpc) is 3.32. The number of methoxy groups -OCH3 is 1. The first-order chi connectivity index (χ1) is 15.5. The van der Waals surface area contributed by atoms with E-state index in [1.54, 1.807) is 24.3 Å². The molecule has 0 unspecified atom stereocenters. The van der Waals surface area contributed by atoms with E-state index in [2.05, 4.69) is 0 Å². The van der Waals surface area contributed by atoms with E-state index >= 15 is 0 Å². The van der Waals surface area contributed by atoms with Gasteiger partial charge >= 0.3 is 0 Å². The summed E-state index contributed by atoms with van der Waals surface area (Å²) in [6.07, 6.45) is -0.954. The molecule has 162 valence electrons. The van der Waals surface area contributed by atoms with Gasteiger partial charge in [0.25, 0.3) is 5.91 Å². The summed E-state index contributed by atoms with van der Waals surface area (Å²) in [6, 6.07) is 21.0. The van der Waals surface area contributed by atoms with Crippen LogP contribution in [0.4, 0.5) is 11.4 Å². The molecular weight excluding hydrogens is 451 g/mol. The first-order valence-corrected chi connectivity index (χ1v) is 10.7. The van der Waals surface area contributed by atoms with E-state index < -0.39 is 24.0 Å². The molecule has 2 saturated heterocycles. The standard InChI is InChI=1S/C24H18Cl2N2O4/c1-31-17-10-7-14(8-11-17)21-20-22(32-28(21)15-5-3-2-4-6-15)24(30)27(23(20)29)16-9-12-18(25)19(26)13-16/h2-13,20-22H,1H3/t20-,21-,22-/m1/s1. The molecule has 2 heterocycles. The summed E-state index contributed by atoms with van der Waals surface area (Å²) in [5.41, 5.74) is 1.95. The molecule has 3 atom stereocenters. The van der Waals surface area contributed by atoms with Gasteiger partial charge in [-0.2, -0.15) is 0 Å². The SMILES string of the molecule is COc1ccc([C@@H]2[C@H]3C(=O)N(c4ccc(Cl)c(Cl)c4)C(=O)[C@@H]3ON2c2ccccc2)cc1. The Morgan fingerprint density at radius 3 is 2.22 bits per heavy atom. The second kappa shape index (κ2) is 8.13. The summed E-state index contributed by atoms with van der Waals surface area (Å²) in [4.78, 5) is 34.1. The molecule has 6 nitrogen and oxygen atoms in total. The monoisotopic (exact) mass is 468 g/mol. The van der Waals surface area contributed by atoms with Crippen molar-refractivity contribution in [1.29, 1.82) is 0 Å². The Morgan fingerprint density at radius 2 is 1.56 bits per heavy atom. The molecule has 0 saturated carbocycles. The van der Waals surface area contributed by atoms with Crippen molar-refractivity contribution in [3.05, 3.63) is 88.4 Å². The molecule has 2 aliphatic rings. The van der Waals surface area contributed by atoms with Gasteiger partial charge in [0.2, 0.25) is 5.91 Å². The highest BCUT2D eigenvalue weighted by Crippen LogP contribution is 2.48. The van der Waals surface area contributed by atoms with Crippen LogP contribution in [-0.4, -0.2) is 25.0 Å². The summed E-state index contributed by atoms with van der Waals surface area (Å²) in [7, 11) is 1.59. The fraction of sp³-hybridized carbons (Fsp3) is 0.167. The Morgan fingerprint density at radius 1 is 0.844 bits per heavy atom. The van der Waals surface area contributed by atoms with E-state index in [-0.39, 0.29) is 10.9 Å². The van der Waals surface area contributed by atoms with Crippen LogP contribution < -0.4 is 14.7 Å². The number of nitrogens with zero attached hydrogens (tertiary/aromatic N) is 2. The van der Waals surface area contributed by atoms with Gasteiger partial charge in [0.1, 0.15) is 11.7 Å². The number of anilines is 2. The van der Waals surface area contributed by atoms with Gasteiger partial charge in [-0.05, 0) is 48.0 Å². The highest BCUT2D eigenvalue weighted by molar-refractivity contribution is 6.42. The lowest BCUT2D eigenvalue weighted by Crippen LogP contribution is -2.37. The molecule has 0 radical (unpaired) electrons. The molecule has 2 fully saturated rings. The molecule has 2 amide bonds. The topological polar surface area (TPSA) is 59.1 Å². The molecule has 0 aliphatic carbocycles. The van der Waals surface area contributed by atoms with Crippen LogP contribution in [0.15, 0.2) is 72.8 Å². The highest BCUT2D eigenvalue weighted by atomic mass is 35.5. The Kier molecular flexibility index (Phi) is 5.29. The van der Waals surface area contributed by atoms with Gasteiger partial charge in [0.15, 0.2) is 6.10 Å². The van der Waals surface area contributed by atoms with Gasteiger partial charge in [0, 0.05) is 0 Å². The van der Waals surface area contributed by atoms with Crippen molar-refractivity contribution >= 4 is 46.4 Å². The average molecular weight is 469 g/mol. The van der Waals surface area contributed by atoms with E-state index in [4.69, 9.17) is 32.8 Å². The smallest absolute Gasteiger partial charge is 0.266 e. The van der Waals surface area contributed by atoms with Crippen molar-refractivity contribution in [2.75, 3.05) is 17.1 Å². The lowest BCUT2D eigenvalue weighted by molar-refractivity contribution is -0.126. The molecule has 0 bridgehead atoms. The zero-order valence-corrected chi connectivity index (χ0v) is 18.5. The highest BCUT2D eigenvalue weighted by Gasteiger charge is 2.60. The van der Waals surface area contributed by atoms with Crippen LogP contribution in [0.2, 0.25) is 10.0 Å². The van der Waals surface area contributed by atoms with Gasteiger partial charge < -0.3 is 4.74 Å². The number of fused-ring (bicyclic) bond motifs is 1. The zero-order chi connectivity index (χ0) is 22.4. The van der Waals surface area contributed by atoms with E-state index in [0.717, 1.165) is 16.2 Å². The fourth-order valence-corrected chi connectivity index (χ4v) is 4.52. The quantitative estimate of drug-likeness (QED) is 0.501. The molecule has 3 aromatic rings. The second-order valence-corrected chi connectivity index (χ2v) is 8.36. The lowest BCUT2D eigenvalue weighted by atomic mass is 9.90. The summed E-state index contributed by atoms with van der Waals surface area (Å²) < 4.78 is 5.27. The Hall–Kier alpha value is -3.06. The number of ether oxygens (including phenoxy) is 1. The van der Waals surface area contributed by atoms with Crippen molar-refractivity contribution in [1.82, 2.24) is 0 Å². The number of carbonyl (C=O) groups is 2. The first-order valence-electron chi connectivity index (χ1n) is 9.97. The maximum absolute atomic E-state index is 13.6. The van der Waals surface area contributed by atoms with Gasteiger partial charge in [-0.1, -0.05) is 53.5 Å². The normalized spacial score (nSPS) is 22.4. The molecule has 8 heteroatoms. The van der Waals surface area contributed by atoms with Gasteiger partial charge in [-0.15, -0.1) is 0 Å². The molecule has 3 aromatic carbocycles. The molecule has 5 rings (SSSR count). The summed E-state index contributed by atoms with van der Waals surface area (Å²) in [5, 5.41) is 2.26. The van der Waals surface area contributed by atoms with Crippen LogP contribution in [0.25, 0.3) is 0 Å². The molecule has 32 heavy (non-hydrogen) atoms. The molecule has 0 aromatic heterocycles. The van der Waals surface area contributed by atoms with E-state index in [0.29, 0.717) is 16.5 Å². The number of para-hydroxylation sites is 1. The number of amides is 2. The van der Waals surface area contributed by atoms with Crippen LogP contribution in [-0.2, 0) is 14.4 Å². The number of hydrogen-bond acceptors (Lipinski definition) is 5. The van der Waals surface area contributed by atoms with Gasteiger partial charge in [0.05, 0.1) is 34.6 Å². The largest absolute Gasteiger partial charge is 0.497 e. The van der Waals surface area contributed by atoms with Crippen molar-refractivity contribution in [3.8, 4) is 5.75 Å². The van der Waals surface area contributed by atoms with Crippen LogP contribution in [0, 0.1) is 5.92 Å². The Bertz CT molecular complexity index is 1190. The van der Waals surface area contributed by atoms with Gasteiger partial charge in [-0.25, -0.2) is 9.96 Å².